The number of carboxylic acids is 1. The Bertz CT molecular complexity index is 1120. The number of hydrogen-bond acceptors (Lipinski definition) is 12. The van der Waals surface area contributed by atoms with Crippen molar-refractivity contribution in [1.82, 2.24) is 19.9 Å². The van der Waals surface area contributed by atoms with Crippen molar-refractivity contribution in [2.24, 2.45) is 5.16 Å². The van der Waals surface area contributed by atoms with Crippen LogP contribution in [-0.2, 0) is 34.3 Å². The molecule has 1 aromatic rings. The second-order valence-corrected chi connectivity index (χ2v) is 10.6. The fourth-order valence-electron chi connectivity index (χ4n) is 2.40. The molecule has 2 heterocycles. The van der Waals surface area contributed by atoms with Gasteiger partial charge in [0.1, 0.15) is 17.1 Å². The highest BCUT2D eigenvalue weighted by atomic mass is 32.2. The highest BCUT2D eigenvalue weighted by Crippen LogP contribution is 2.32. The predicted molar refractivity (Wildman–Crippen MR) is 121 cm³/mol. The Labute approximate surface area is 202 Å². The van der Waals surface area contributed by atoms with Crippen molar-refractivity contribution in [3.05, 3.63) is 11.1 Å². The summed E-state index contributed by atoms with van der Waals surface area (Å²) in [6, 6.07) is -1.40. The minimum Gasteiger partial charge on any atom is -0.478 e. The average Bonchev–Trinajstić information content (AvgIpc) is 3.12. The van der Waals surface area contributed by atoms with E-state index < -0.39 is 50.8 Å². The lowest BCUT2D eigenvalue weighted by molar-refractivity contribution is -0.161. The van der Waals surface area contributed by atoms with E-state index in [4.69, 9.17) is 10.6 Å². The number of hydrogen-bond donors (Lipinski definition) is 5. The van der Waals surface area contributed by atoms with E-state index in [9.17, 15) is 37.3 Å². The van der Waals surface area contributed by atoms with Crippen LogP contribution >= 0.6 is 23.1 Å². The average molecular weight is 539 g/mol. The van der Waals surface area contributed by atoms with Gasteiger partial charge in [-0.3, -0.25) is 18.9 Å². The number of carbonyl (C=O) groups excluding carboxylic acids is 3. The molecule has 0 bridgehead atoms. The van der Waals surface area contributed by atoms with Gasteiger partial charge < -0.3 is 26.3 Å². The molecule has 1 aliphatic heterocycles. The van der Waals surface area contributed by atoms with Crippen molar-refractivity contribution in [3.8, 4) is 0 Å². The van der Waals surface area contributed by atoms with Gasteiger partial charge in [0.15, 0.2) is 10.8 Å². The van der Waals surface area contributed by atoms with Crippen LogP contribution in [0.1, 0.15) is 26.5 Å². The van der Waals surface area contributed by atoms with Crippen LogP contribution in [-0.4, -0.2) is 86.1 Å². The zero-order valence-electron chi connectivity index (χ0n) is 18.0. The molecule has 1 fully saturated rings. The lowest BCUT2D eigenvalue weighted by Crippen LogP contribution is -2.71. The van der Waals surface area contributed by atoms with Crippen molar-refractivity contribution in [1.29, 1.82) is 0 Å². The van der Waals surface area contributed by atoms with Gasteiger partial charge in [0.05, 0.1) is 0 Å². The second kappa shape index (κ2) is 10.5. The van der Waals surface area contributed by atoms with Crippen LogP contribution in [0.3, 0.4) is 0 Å². The Hall–Kier alpha value is -2.96. The topological polar surface area (TPSA) is 231 Å². The van der Waals surface area contributed by atoms with Gasteiger partial charge in [0.2, 0.25) is 11.5 Å². The van der Waals surface area contributed by atoms with Crippen LogP contribution in [0.25, 0.3) is 0 Å². The van der Waals surface area contributed by atoms with Crippen molar-refractivity contribution in [2.45, 2.75) is 37.8 Å². The molecule has 0 aliphatic carbocycles. The molecule has 188 valence electrons. The molecule has 1 aromatic heterocycles. The summed E-state index contributed by atoms with van der Waals surface area (Å²) in [6.45, 7) is 3.79. The quantitative estimate of drug-likeness (QED) is 0.0722. The molecular formula is C16H22N6O9S3. The summed E-state index contributed by atoms with van der Waals surface area (Å²) in [6.07, 6.45) is 0. The van der Waals surface area contributed by atoms with Crippen LogP contribution < -0.4 is 16.4 Å². The van der Waals surface area contributed by atoms with Crippen molar-refractivity contribution in [3.63, 3.8) is 0 Å². The van der Waals surface area contributed by atoms with Gasteiger partial charge >= 0.3 is 16.3 Å². The first-order chi connectivity index (χ1) is 15.6. The fraction of sp³-hybridized carbons (Fsp3) is 0.500. The smallest absolute Gasteiger partial charge is 0.363 e. The predicted octanol–water partition coefficient (Wildman–Crippen LogP) is -1.37. The molecule has 6 N–H and O–H groups in total. The van der Waals surface area contributed by atoms with E-state index in [2.05, 4.69) is 20.8 Å². The summed E-state index contributed by atoms with van der Waals surface area (Å²) in [5.74, 6) is -3.70. The third kappa shape index (κ3) is 6.55. The van der Waals surface area contributed by atoms with E-state index in [-0.39, 0.29) is 33.3 Å². The molecule has 2 atom stereocenters. The summed E-state index contributed by atoms with van der Waals surface area (Å²) in [4.78, 5) is 56.4. The number of nitrogens with zero attached hydrogens (tertiary/aromatic N) is 3. The summed E-state index contributed by atoms with van der Waals surface area (Å²) >= 11 is 1.84. The third-order valence-corrected chi connectivity index (χ3v) is 7.14. The number of aliphatic carboxylic acids is 1. The lowest BCUT2D eigenvalue weighted by atomic mass is 10.1. The molecule has 0 saturated carbocycles. The van der Waals surface area contributed by atoms with Gasteiger partial charge in [-0.1, -0.05) is 5.16 Å². The maximum Gasteiger partial charge on any atom is 0.363 e. The Kier molecular flexibility index (Phi) is 8.45. The zero-order chi connectivity index (χ0) is 25.8. The van der Waals surface area contributed by atoms with Crippen LogP contribution in [0.15, 0.2) is 10.5 Å². The maximum atomic E-state index is 12.9. The van der Waals surface area contributed by atoms with E-state index in [0.717, 1.165) is 23.1 Å². The van der Waals surface area contributed by atoms with E-state index in [1.54, 1.807) is 0 Å². The summed E-state index contributed by atoms with van der Waals surface area (Å²) in [5, 5.41) is 17.7. The fourth-order valence-corrected chi connectivity index (χ4v) is 5.26. The standard InChI is InChI=1S/C16H22N6O9S3/c1-7(23)18-4-5-32-13-10(12(25)22(13)34(28,29)30)20-11(24)9(8-6-33-15(17)19-8)21-31-16(2,3)14(26)27/h6,10,13H,4-5H2,1-3H3,(H2,17,19)(H,18,23)(H,20,24)(H,26,27)(H,28,29,30). The first-order valence-electron chi connectivity index (χ1n) is 9.33. The van der Waals surface area contributed by atoms with Crippen molar-refractivity contribution >= 4 is 67.9 Å². The van der Waals surface area contributed by atoms with Gasteiger partial charge in [-0.2, -0.15) is 12.7 Å². The number of aromatic nitrogens is 1. The highest BCUT2D eigenvalue weighted by molar-refractivity contribution is 8.00. The van der Waals surface area contributed by atoms with E-state index in [0.29, 0.717) is 0 Å². The van der Waals surface area contributed by atoms with Gasteiger partial charge in [0, 0.05) is 24.6 Å². The summed E-state index contributed by atoms with van der Waals surface area (Å²) in [7, 11) is -4.92. The molecule has 0 radical (unpaired) electrons. The Morgan fingerprint density at radius 1 is 1.41 bits per heavy atom. The first kappa shape index (κ1) is 27.3. The number of rotatable bonds is 11. The Morgan fingerprint density at radius 3 is 2.56 bits per heavy atom. The second-order valence-electron chi connectivity index (χ2n) is 7.22. The van der Waals surface area contributed by atoms with Gasteiger partial charge in [-0.05, 0) is 13.8 Å². The number of carbonyl (C=O) groups is 4. The normalized spacial score (nSPS) is 18.8. The lowest BCUT2D eigenvalue weighted by Gasteiger charge is -2.43. The molecule has 3 amide bonds. The number of oxime groups is 1. The largest absolute Gasteiger partial charge is 0.478 e. The molecule has 18 heteroatoms. The SMILES string of the molecule is CC(=O)NCCSC1C(NC(=O)C(=NOC(C)(C)C(=O)O)c2csc(N)n2)C(=O)N1S(=O)(=O)O. The van der Waals surface area contributed by atoms with Crippen molar-refractivity contribution in [2.75, 3.05) is 18.0 Å². The van der Waals surface area contributed by atoms with Gasteiger partial charge in [0.25, 0.3) is 11.8 Å². The Balaban J connectivity index is 2.26. The summed E-state index contributed by atoms with van der Waals surface area (Å²) < 4.78 is 32.7. The van der Waals surface area contributed by atoms with E-state index >= 15 is 0 Å². The molecule has 2 rings (SSSR count). The monoisotopic (exact) mass is 538 g/mol. The van der Waals surface area contributed by atoms with E-state index in [1.165, 1.54) is 26.2 Å². The van der Waals surface area contributed by atoms with Gasteiger partial charge in [-0.15, -0.1) is 23.1 Å². The minimum absolute atomic E-state index is 0.0664. The molecule has 2 unspecified atom stereocenters. The van der Waals surface area contributed by atoms with Crippen LogP contribution in [0.2, 0.25) is 0 Å². The maximum absolute atomic E-state index is 12.9. The minimum atomic E-state index is -4.92. The van der Waals surface area contributed by atoms with Crippen LogP contribution in [0.4, 0.5) is 5.13 Å². The number of nitrogen functional groups attached to an aromatic ring is 1. The zero-order valence-corrected chi connectivity index (χ0v) is 20.5. The number of amides is 3. The molecule has 15 nitrogen and oxygen atoms in total. The number of β-lactam (4-membered cyclic amide) rings is 1. The molecule has 0 spiro atoms. The Morgan fingerprint density at radius 2 is 2.06 bits per heavy atom. The number of thioether (sulfide) groups is 1. The number of nitrogens with two attached hydrogens (primary N) is 1. The van der Waals surface area contributed by atoms with Crippen LogP contribution in [0.5, 0.6) is 0 Å². The summed E-state index contributed by atoms with van der Waals surface area (Å²) in [5.41, 5.74) is 3.18. The van der Waals surface area contributed by atoms with Gasteiger partial charge in [-0.25, -0.2) is 9.78 Å². The number of anilines is 1. The molecule has 1 aliphatic rings. The third-order valence-electron chi connectivity index (χ3n) is 4.16. The molecular weight excluding hydrogens is 516 g/mol. The molecule has 34 heavy (non-hydrogen) atoms. The number of thiazole rings is 1. The number of nitrogens with one attached hydrogen (secondary N) is 2. The van der Waals surface area contributed by atoms with E-state index in [1.807, 2.05) is 0 Å². The van der Waals surface area contributed by atoms with Crippen molar-refractivity contribution < 1.29 is 42.1 Å². The first-order valence-corrected chi connectivity index (χ1v) is 12.7. The molecule has 1 saturated heterocycles. The van der Waals surface area contributed by atoms with Crippen LogP contribution in [0, 0.1) is 0 Å². The highest BCUT2D eigenvalue weighted by Gasteiger charge is 2.54. The molecule has 0 aromatic carbocycles. The number of carboxylic acid groups (broad SMARTS) is 1.